The van der Waals surface area contributed by atoms with E-state index in [9.17, 15) is 8.78 Å². The van der Waals surface area contributed by atoms with Gasteiger partial charge in [-0.05, 0) is 35.7 Å². The summed E-state index contributed by atoms with van der Waals surface area (Å²) in [5, 5.41) is 0.237. The molecule has 0 aliphatic heterocycles. The second-order valence-corrected chi connectivity index (χ2v) is 4.82. The third kappa shape index (κ3) is 3.08. The van der Waals surface area contributed by atoms with Crippen molar-refractivity contribution >= 4 is 11.6 Å². The molecule has 0 saturated heterocycles. The lowest BCUT2D eigenvalue weighted by molar-refractivity contribution is 0.383. The molecular weight excluding hydrogens is 284 g/mol. The van der Waals surface area contributed by atoms with Gasteiger partial charge in [0, 0.05) is 11.1 Å². The first-order chi connectivity index (χ1) is 9.52. The molecule has 0 spiro atoms. The van der Waals surface area contributed by atoms with E-state index >= 15 is 0 Å². The molecule has 0 radical (unpaired) electrons. The molecule has 0 fully saturated rings. The Balaban J connectivity index is 2.25. The summed E-state index contributed by atoms with van der Waals surface area (Å²) in [7, 11) is 1.40. The number of ether oxygens (including phenoxy) is 1. The fourth-order valence-electron chi connectivity index (χ4n) is 2.02. The van der Waals surface area contributed by atoms with E-state index in [1.165, 1.54) is 31.4 Å². The van der Waals surface area contributed by atoms with E-state index in [2.05, 4.69) is 0 Å². The summed E-state index contributed by atoms with van der Waals surface area (Å²) in [5.74, 6) is -0.706. The number of methoxy groups -OCH3 is 1. The van der Waals surface area contributed by atoms with Gasteiger partial charge in [-0.15, -0.1) is 0 Å². The Morgan fingerprint density at radius 1 is 1.25 bits per heavy atom. The lowest BCUT2D eigenvalue weighted by Gasteiger charge is -2.15. The molecule has 2 aromatic carbocycles. The van der Waals surface area contributed by atoms with Crippen LogP contribution in [0.15, 0.2) is 36.4 Å². The maximum atomic E-state index is 14.0. The van der Waals surface area contributed by atoms with Gasteiger partial charge in [-0.2, -0.15) is 0 Å². The van der Waals surface area contributed by atoms with Crippen LogP contribution in [0.1, 0.15) is 17.2 Å². The molecule has 0 amide bonds. The van der Waals surface area contributed by atoms with Crippen LogP contribution in [0.3, 0.4) is 0 Å². The van der Waals surface area contributed by atoms with Crippen LogP contribution in [0.25, 0.3) is 0 Å². The molecule has 2 N–H and O–H groups in total. The predicted octanol–water partition coefficient (Wildman–Crippen LogP) is 3.87. The van der Waals surface area contributed by atoms with E-state index in [-0.39, 0.29) is 17.2 Å². The highest BCUT2D eigenvalue weighted by molar-refractivity contribution is 6.31. The SMILES string of the molecule is COc1cccc(CC(N)c2ccc(F)cc2Cl)c1F. The van der Waals surface area contributed by atoms with E-state index in [1.807, 2.05) is 0 Å². The van der Waals surface area contributed by atoms with Crippen LogP contribution in [0.2, 0.25) is 5.02 Å². The van der Waals surface area contributed by atoms with Crippen LogP contribution < -0.4 is 10.5 Å². The van der Waals surface area contributed by atoms with Crippen LogP contribution in [-0.4, -0.2) is 7.11 Å². The van der Waals surface area contributed by atoms with Gasteiger partial charge in [0.05, 0.1) is 7.11 Å². The molecule has 1 unspecified atom stereocenters. The normalized spacial score (nSPS) is 12.2. The van der Waals surface area contributed by atoms with E-state index in [0.29, 0.717) is 11.1 Å². The van der Waals surface area contributed by atoms with E-state index in [1.54, 1.807) is 12.1 Å². The van der Waals surface area contributed by atoms with Crippen LogP contribution in [-0.2, 0) is 6.42 Å². The first-order valence-electron chi connectivity index (χ1n) is 6.05. The van der Waals surface area contributed by atoms with Gasteiger partial charge in [0.2, 0.25) is 0 Å². The number of nitrogens with two attached hydrogens (primary N) is 1. The Kier molecular flexibility index (Phi) is 4.57. The molecule has 0 aliphatic carbocycles. The number of hydrogen-bond donors (Lipinski definition) is 1. The zero-order valence-electron chi connectivity index (χ0n) is 10.9. The van der Waals surface area contributed by atoms with Gasteiger partial charge in [-0.1, -0.05) is 29.8 Å². The van der Waals surface area contributed by atoms with Crippen molar-refractivity contribution < 1.29 is 13.5 Å². The summed E-state index contributed by atoms with van der Waals surface area (Å²) in [5.41, 5.74) is 7.03. The summed E-state index contributed by atoms with van der Waals surface area (Å²) in [6, 6.07) is 8.33. The fraction of sp³-hybridized carbons (Fsp3) is 0.200. The number of halogens is 3. The number of hydrogen-bond acceptors (Lipinski definition) is 2. The van der Waals surface area contributed by atoms with Crippen molar-refractivity contribution in [2.45, 2.75) is 12.5 Å². The van der Waals surface area contributed by atoms with Gasteiger partial charge in [-0.25, -0.2) is 8.78 Å². The van der Waals surface area contributed by atoms with E-state index in [0.717, 1.165) is 0 Å². The zero-order valence-corrected chi connectivity index (χ0v) is 11.6. The number of rotatable bonds is 4. The first kappa shape index (κ1) is 14.8. The van der Waals surface area contributed by atoms with Crippen molar-refractivity contribution in [2.24, 2.45) is 5.73 Å². The van der Waals surface area contributed by atoms with Gasteiger partial charge in [0.15, 0.2) is 11.6 Å². The van der Waals surface area contributed by atoms with Crippen LogP contribution >= 0.6 is 11.6 Å². The van der Waals surface area contributed by atoms with Crippen molar-refractivity contribution in [1.82, 2.24) is 0 Å². The maximum Gasteiger partial charge on any atom is 0.168 e. The van der Waals surface area contributed by atoms with Crippen molar-refractivity contribution in [1.29, 1.82) is 0 Å². The Bertz CT molecular complexity index is 619. The molecule has 2 aromatic rings. The van der Waals surface area contributed by atoms with Crippen LogP contribution in [0, 0.1) is 11.6 Å². The summed E-state index contributed by atoms with van der Waals surface area (Å²) in [6.07, 6.45) is 0.244. The van der Waals surface area contributed by atoms with E-state index in [4.69, 9.17) is 22.1 Å². The molecule has 2 nitrogen and oxygen atoms in total. The molecule has 0 saturated carbocycles. The van der Waals surface area contributed by atoms with E-state index < -0.39 is 17.7 Å². The average Bonchev–Trinajstić information content (AvgIpc) is 2.41. The van der Waals surface area contributed by atoms with Gasteiger partial charge in [-0.3, -0.25) is 0 Å². The number of benzene rings is 2. The topological polar surface area (TPSA) is 35.2 Å². The third-order valence-electron chi connectivity index (χ3n) is 3.06. The van der Waals surface area contributed by atoms with Gasteiger partial charge in [0.25, 0.3) is 0 Å². The minimum absolute atomic E-state index is 0.167. The van der Waals surface area contributed by atoms with Crippen LogP contribution in [0.4, 0.5) is 8.78 Å². The molecule has 0 aromatic heterocycles. The van der Waals surface area contributed by atoms with Crippen molar-refractivity contribution in [3.05, 3.63) is 64.2 Å². The fourth-order valence-corrected chi connectivity index (χ4v) is 2.33. The molecule has 106 valence electrons. The smallest absolute Gasteiger partial charge is 0.168 e. The molecule has 0 aliphatic rings. The molecule has 0 bridgehead atoms. The van der Waals surface area contributed by atoms with Gasteiger partial charge >= 0.3 is 0 Å². The zero-order chi connectivity index (χ0) is 14.7. The minimum atomic E-state index is -0.523. The Morgan fingerprint density at radius 3 is 2.65 bits per heavy atom. The molecule has 5 heteroatoms. The summed E-state index contributed by atoms with van der Waals surface area (Å²) < 4.78 is 32.0. The van der Waals surface area contributed by atoms with Crippen molar-refractivity contribution in [2.75, 3.05) is 7.11 Å². The third-order valence-corrected chi connectivity index (χ3v) is 3.39. The second-order valence-electron chi connectivity index (χ2n) is 4.41. The molecule has 2 rings (SSSR count). The molecule has 0 heterocycles. The standard InChI is InChI=1S/C15H14ClF2NO/c1-20-14-4-2-3-9(15(14)18)7-13(19)11-6-5-10(17)8-12(11)16/h2-6,8,13H,7,19H2,1H3. The van der Waals surface area contributed by atoms with Crippen molar-refractivity contribution in [3.8, 4) is 5.75 Å². The maximum absolute atomic E-state index is 14.0. The lowest BCUT2D eigenvalue weighted by Crippen LogP contribution is -2.15. The molecular formula is C15H14ClF2NO. The molecule has 1 atom stereocenters. The summed E-state index contributed by atoms with van der Waals surface area (Å²) in [4.78, 5) is 0. The quantitative estimate of drug-likeness (QED) is 0.930. The average molecular weight is 298 g/mol. The highest BCUT2D eigenvalue weighted by Gasteiger charge is 2.15. The lowest BCUT2D eigenvalue weighted by atomic mass is 9.99. The minimum Gasteiger partial charge on any atom is -0.494 e. The monoisotopic (exact) mass is 297 g/mol. The Hall–Kier alpha value is -1.65. The highest BCUT2D eigenvalue weighted by atomic mass is 35.5. The predicted molar refractivity (Wildman–Crippen MR) is 75.0 cm³/mol. The first-order valence-corrected chi connectivity index (χ1v) is 6.42. The van der Waals surface area contributed by atoms with Gasteiger partial charge < -0.3 is 10.5 Å². The molecule has 20 heavy (non-hydrogen) atoms. The largest absolute Gasteiger partial charge is 0.494 e. The highest BCUT2D eigenvalue weighted by Crippen LogP contribution is 2.27. The van der Waals surface area contributed by atoms with Crippen molar-refractivity contribution in [3.63, 3.8) is 0 Å². The summed E-state index contributed by atoms with van der Waals surface area (Å²) in [6.45, 7) is 0. The summed E-state index contributed by atoms with van der Waals surface area (Å²) >= 11 is 5.95. The Morgan fingerprint density at radius 2 is 2.00 bits per heavy atom. The van der Waals surface area contributed by atoms with Gasteiger partial charge in [0.1, 0.15) is 5.82 Å². The second kappa shape index (κ2) is 6.20. The van der Waals surface area contributed by atoms with Crippen LogP contribution in [0.5, 0.6) is 5.75 Å². The Labute approximate surface area is 121 Å².